The van der Waals surface area contributed by atoms with Crippen molar-refractivity contribution in [2.45, 2.75) is 33.6 Å². The summed E-state index contributed by atoms with van der Waals surface area (Å²) in [5.74, 6) is -1.87. The maximum absolute atomic E-state index is 9.75. The Morgan fingerprint density at radius 1 is 1.25 bits per heavy atom. The first kappa shape index (κ1) is 19.7. The quantitative estimate of drug-likeness (QED) is 0.568. The minimum atomic E-state index is -0.833. The van der Waals surface area contributed by atoms with Crippen LogP contribution in [0.15, 0.2) is 12.8 Å². The van der Waals surface area contributed by atoms with Gasteiger partial charge in [-0.25, -0.2) is 0 Å². The first-order valence-corrected chi connectivity index (χ1v) is 4.47. The Morgan fingerprint density at radius 3 is 1.62 bits per heavy atom. The molecule has 0 saturated heterocycles. The molecule has 0 bridgehead atoms. The van der Waals surface area contributed by atoms with E-state index >= 15 is 0 Å². The third-order valence-electron chi connectivity index (χ3n) is 0.713. The molecule has 0 aliphatic heterocycles. The number of carboxylic acids is 2. The highest BCUT2D eigenvalue weighted by Crippen LogP contribution is 1.82. The van der Waals surface area contributed by atoms with Gasteiger partial charge in [0, 0.05) is 20.3 Å². The molecule has 0 aromatic heterocycles. The minimum absolute atomic E-state index is 0.292. The van der Waals surface area contributed by atoms with Crippen LogP contribution in [0.25, 0.3) is 0 Å². The van der Waals surface area contributed by atoms with Crippen molar-refractivity contribution in [3.8, 4) is 0 Å². The average molecular weight is 234 g/mol. The highest BCUT2D eigenvalue weighted by Gasteiger charge is 1.87. The lowest BCUT2D eigenvalue weighted by atomic mass is 10.4. The van der Waals surface area contributed by atoms with Crippen LogP contribution < -0.4 is 0 Å². The van der Waals surface area contributed by atoms with Crippen molar-refractivity contribution in [2.24, 2.45) is 0 Å². The first-order valence-electron chi connectivity index (χ1n) is 4.47. The van der Waals surface area contributed by atoms with Gasteiger partial charge in [-0.2, -0.15) is 0 Å². The zero-order valence-corrected chi connectivity index (χ0v) is 9.73. The van der Waals surface area contributed by atoms with Crippen LogP contribution in [0.2, 0.25) is 0 Å². The van der Waals surface area contributed by atoms with Crippen molar-refractivity contribution in [1.82, 2.24) is 0 Å². The molecular formula is C10H18O6. The monoisotopic (exact) mass is 234 g/mol. The highest BCUT2D eigenvalue weighted by atomic mass is 16.5. The molecule has 0 aliphatic carbocycles. The van der Waals surface area contributed by atoms with Gasteiger partial charge in [-0.1, -0.05) is 13.5 Å². The summed E-state index contributed by atoms with van der Waals surface area (Å²) in [4.78, 5) is 28.3. The Bertz CT molecular complexity index is 217. The largest absolute Gasteiger partial charge is 0.481 e. The van der Waals surface area contributed by atoms with Crippen LogP contribution in [-0.2, 0) is 19.1 Å². The lowest BCUT2D eigenvalue weighted by Crippen LogP contribution is -1.90. The van der Waals surface area contributed by atoms with E-state index in [2.05, 4.69) is 11.3 Å². The SMILES string of the molecule is C=COC(C)=O.CC(=O)O.CCCC(=O)O. The summed E-state index contributed by atoms with van der Waals surface area (Å²) in [7, 11) is 0. The molecule has 0 aliphatic rings. The molecule has 0 aromatic rings. The zero-order valence-electron chi connectivity index (χ0n) is 9.73. The molecule has 16 heavy (non-hydrogen) atoms. The molecule has 0 unspecified atom stereocenters. The topological polar surface area (TPSA) is 101 Å². The van der Waals surface area contributed by atoms with Gasteiger partial charge >= 0.3 is 11.9 Å². The zero-order chi connectivity index (χ0) is 13.6. The number of carboxylic acid groups (broad SMARTS) is 2. The summed E-state index contributed by atoms with van der Waals surface area (Å²) in [5.41, 5.74) is 0. The molecule has 6 heteroatoms. The minimum Gasteiger partial charge on any atom is -0.481 e. The average Bonchev–Trinajstić information content (AvgIpc) is 2.02. The van der Waals surface area contributed by atoms with Gasteiger partial charge in [0.25, 0.3) is 5.97 Å². The van der Waals surface area contributed by atoms with Gasteiger partial charge in [-0.15, -0.1) is 0 Å². The second-order valence-corrected chi connectivity index (χ2v) is 2.44. The lowest BCUT2D eigenvalue weighted by Gasteiger charge is -1.83. The van der Waals surface area contributed by atoms with Crippen LogP contribution >= 0.6 is 0 Å². The maximum Gasteiger partial charge on any atom is 0.307 e. The summed E-state index contributed by atoms with van der Waals surface area (Å²) in [6, 6.07) is 0. The molecule has 0 saturated carbocycles. The smallest absolute Gasteiger partial charge is 0.307 e. The van der Waals surface area contributed by atoms with Crippen molar-refractivity contribution < 1.29 is 29.3 Å². The number of carbonyl (C=O) groups excluding carboxylic acids is 1. The van der Waals surface area contributed by atoms with Crippen LogP contribution in [-0.4, -0.2) is 28.1 Å². The lowest BCUT2D eigenvalue weighted by molar-refractivity contribution is -0.137. The fourth-order valence-corrected chi connectivity index (χ4v) is 0.331. The second-order valence-electron chi connectivity index (χ2n) is 2.44. The van der Waals surface area contributed by atoms with E-state index < -0.39 is 11.9 Å². The van der Waals surface area contributed by atoms with E-state index in [9.17, 15) is 9.59 Å². The number of aliphatic carboxylic acids is 2. The number of hydrogen-bond donors (Lipinski definition) is 2. The molecule has 0 atom stereocenters. The van der Waals surface area contributed by atoms with Crippen LogP contribution in [0.1, 0.15) is 33.6 Å². The number of carbonyl (C=O) groups is 3. The van der Waals surface area contributed by atoms with Crippen molar-refractivity contribution in [2.75, 3.05) is 0 Å². The number of esters is 1. The summed E-state index contributed by atoms with van der Waals surface area (Å²) < 4.78 is 4.17. The Hall–Kier alpha value is -1.85. The molecular weight excluding hydrogens is 216 g/mol. The van der Waals surface area contributed by atoms with Gasteiger partial charge in [0.1, 0.15) is 0 Å². The van der Waals surface area contributed by atoms with E-state index in [1.165, 1.54) is 6.92 Å². The van der Waals surface area contributed by atoms with Crippen molar-refractivity contribution >= 4 is 17.9 Å². The predicted octanol–water partition coefficient (Wildman–Crippen LogP) is 1.66. The van der Waals surface area contributed by atoms with Crippen LogP contribution in [0.4, 0.5) is 0 Å². The third-order valence-corrected chi connectivity index (χ3v) is 0.713. The van der Waals surface area contributed by atoms with Gasteiger partial charge < -0.3 is 14.9 Å². The molecule has 0 fully saturated rings. The van der Waals surface area contributed by atoms with Gasteiger partial charge in [0.05, 0.1) is 6.26 Å². The Kier molecular flexibility index (Phi) is 19.2. The van der Waals surface area contributed by atoms with E-state index in [1.807, 2.05) is 6.92 Å². The molecule has 6 nitrogen and oxygen atoms in total. The summed E-state index contributed by atoms with van der Waals surface area (Å²) in [6.45, 7) is 7.40. The standard InChI is InChI=1S/C4H6O2.C4H8O2.C2H4O2/c1-3-6-4(2)5;1-2-3-4(5)6;1-2(3)4/h3H,1H2,2H3;2-3H2,1H3,(H,5,6);1H3,(H,3,4). The number of rotatable bonds is 3. The molecule has 94 valence electrons. The van der Waals surface area contributed by atoms with E-state index in [0.29, 0.717) is 6.42 Å². The molecule has 0 rings (SSSR count). The van der Waals surface area contributed by atoms with Crippen LogP contribution in [0.5, 0.6) is 0 Å². The third kappa shape index (κ3) is 87.7. The first-order chi connectivity index (χ1) is 7.27. The fraction of sp³-hybridized carbons (Fsp3) is 0.500. The van der Waals surface area contributed by atoms with Gasteiger partial charge in [0.15, 0.2) is 0 Å². The Morgan fingerprint density at radius 2 is 1.62 bits per heavy atom. The maximum atomic E-state index is 9.75. The predicted molar refractivity (Wildman–Crippen MR) is 57.8 cm³/mol. The fourth-order valence-electron chi connectivity index (χ4n) is 0.331. The van der Waals surface area contributed by atoms with Crippen LogP contribution in [0, 0.1) is 0 Å². The summed E-state index contributed by atoms with van der Waals surface area (Å²) >= 11 is 0. The summed E-state index contributed by atoms with van der Waals surface area (Å²) in [6.07, 6.45) is 2.12. The highest BCUT2D eigenvalue weighted by molar-refractivity contribution is 5.66. The van der Waals surface area contributed by atoms with Crippen molar-refractivity contribution in [1.29, 1.82) is 0 Å². The van der Waals surface area contributed by atoms with E-state index in [1.54, 1.807) is 0 Å². The second kappa shape index (κ2) is 15.6. The Labute approximate surface area is 94.5 Å². The van der Waals surface area contributed by atoms with E-state index in [-0.39, 0.29) is 5.97 Å². The normalized spacial score (nSPS) is 7.19. The summed E-state index contributed by atoms with van der Waals surface area (Å²) in [5, 5.41) is 15.3. The molecule has 0 aromatic carbocycles. The molecule has 2 N–H and O–H groups in total. The molecule has 0 spiro atoms. The van der Waals surface area contributed by atoms with Crippen molar-refractivity contribution in [3.63, 3.8) is 0 Å². The van der Waals surface area contributed by atoms with Gasteiger partial charge in [0.2, 0.25) is 0 Å². The van der Waals surface area contributed by atoms with E-state index in [4.69, 9.17) is 15.0 Å². The number of hydrogen-bond acceptors (Lipinski definition) is 4. The van der Waals surface area contributed by atoms with E-state index in [0.717, 1.165) is 19.6 Å². The molecule has 0 radical (unpaired) electrons. The van der Waals surface area contributed by atoms with Gasteiger partial charge in [-0.05, 0) is 6.42 Å². The number of ether oxygens (including phenoxy) is 1. The Balaban J connectivity index is -0.000000162. The molecule has 0 amide bonds. The van der Waals surface area contributed by atoms with Crippen molar-refractivity contribution in [3.05, 3.63) is 12.8 Å². The molecule has 0 heterocycles. The van der Waals surface area contributed by atoms with Crippen LogP contribution in [0.3, 0.4) is 0 Å². The van der Waals surface area contributed by atoms with Gasteiger partial charge in [-0.3, -0.25) is 14.4 Å².